The Morgan fingerprint density at radius 3 is 2.72 bits per heavy atom. The van der Waals surface area contributed by atoms with Crippen LogP contribution in [0.25, 0.3) is 22.4 Å². The molecule has 4 rings (SSSR count). The molecule has 1 aliphatic heterocycles. The first kappa shape index (κ1) is 15.9. The molecule has 3 heterocycles. The van der Waals surface area contributed by atoms with Gasteiger partial charge in [0.15, 0.2) is 5.13 Å². The maximum atomic E-state index is 11.4. The molecule has 0 saturated carbocycles. The van der Waals surface area contributed by atoms with E-state index in [0.29, 0.717) is 11.2 Å². The topological polar surface area (TPSA) is 103 Å². The lowest BCUT2D eigenvalue weighted by molar-refractivity contribution is -0.114. The summed E-state index contributed by atoms with van der Waals surface area (Å²) in [5, 5.41) is 8.55. The Hall–Kier alpha value is -2.61. The van der Waals surface area contributed by atoms with E-state index in [4.69, 9.17) is 5.73 Å². The summed E-state index contributed by atoms with van der Waals surface area (Å²) in [6, 6.07) is 10.9. The van der Waals surface area contributed by atoms with Gasteiger partial charge in [0.2, 0.25) is 5.91 Å². The highest BCUT2D eigenvalue weighted by atomic mass is 32.1. The zero-order valence-electron chi connectivity index (χ0n) is 13.4. The van der Waals surface area contributed by atoms with E-state index in [9.17, 15) is 4.79 Å². The van der Waals surface area contributed by atoms with Crippen LogP contribution in [0.5, 0.6) is 0 Å². The molecule has 6 nitrogen and oxygen atoms in total. The highest BCUT2D eigenvalue weighted by Crippen LogP contribution is 2.34. The minimum atomic E-state index is -0.241. The average Bonchev–Trinajstić information content (AvgIpc) is 3.41. The number of hydrogen-bond donors (Lipinski definition) is 3. The fraction of sp³-hybridized carbons (Fsp3) is 0.167. The van der Waals surface area contributed by atoms with Crippen LogP contribution < -0.4 is 16.4 Å². The Kier molecular flexibility index (Phi) is 4.27. The normalized spacial score (nSPS) is 15.8. The number of carbonyl (C=O) groups excluding carboxylic acids is 1. The van der Waals surface area contributed by atoms with Crippen molar-refractivity contribution in [2.24, 2.45) is 5.73 Å². The second kappa shape index (κ2) is 6.72. The summed E-state index contributed by atoms with van der Waals surface area (Å²) in [5.74, 6) is -0.241. The first-order valence-electron chi connectivity index (χ1n) is 7.97. The lowest BCUT2D eigenvalue weighted by Gasteiger charge is -2.08. The van der Waals surface area contributed by atoms with Crippen molar-refractivity contribution >= 4 is 22.4 Å². The Morgan fingerprint density at radius 2 is 2.00 bits per heavy atom. The van der Waals surface area contributed by atoms with Crippen LogP contribution in [0, 0.1) is 0 Å². The number of benzene rings is 1. The third-order valence-corrected chi connectivity index (χ3v) is 4.77. The third kappa shape index (κ3) is 3.58. The molecule has 1 fully saturated rings. The second-order valence-corrected chi connectivity index (χ2v) is 6.69. The average molecular weight is 351 g/mol. The molecule has 4 N–H and O–H groups in total. The predicted octanol–water partition coefficient (Wildman–Crippen LogP) is 2.41. The van der Waals surface area contributed by atoms with Gasteiger partial charge >= 0.3 is 0 Å². The van der Waals surface area contributed by atoms with Gasteiger partial charge in [0, 0.05) is 35.9 Å². The quantitative estimate of drug-likeness (QED) is 0.613. The number of aromatic nitrogens is 2. The smallest absolute Gasteiger partial charge is 0.239 e. The number of rotatable bonds is 5. The van der Waals surface area contributed by atoms with Crippen LogP contribution in [0.1, 0.15) is 11.6 Å². The summed E-state index contributed by atoms with van der Waals surface area (Å²) < 4.78 is 0. The van der Waals surface area contributed by atoms with Crippen LogP contribution in [0.4, 0.5) is 5.13 Å². The molecule has 1 unspecified atom stereocenters. The van der Waals surface area contributed by atoms with E-state index in [1.807, 2.05) is 17.5 Å². The van der Waals surface area contributed by atoms with Gasteiger partial charge in [-0.25, -0.2) is 4.98 Å². The summed E-state index contributed by atoms with van der Waals surface area (Å²) in [6.45, 7) is 0.943. The maximum absolute atomic E-state index is 11.4. The second-order valence-electron chi connectivity index (χ2n) is 5.83. The number of nitrogens with zero attached hydrogens (tertiary/aromatic N) is 2. The minimum absolute atomic E-state index is 0.0516. The van der Waals surface area contributed by atoms with E-state index < -0.39 is 0 Å². The summed E-state index contributed by atoms with van der Waals surface area (Å²) in [7, 11) is 0. The number of carbonyl (C=O) groups is 1. The molecule has 1 aliphatic rings. The Morgan fingerprint density at radius 1 is 1.24 bits per heavy atom. The summed E-state index contributed by atoms with van der Waals surface area (Å²) in [4.78, 5) is 20.0. The fourth-order valence-electron chi connectivity index (χ4n) is 2.64. The minimum Gasteiger partial charge on any atom is -0.322 e. The zero-order chi connectivity index (χ0) is 17.2. The molecule has 0 bridgehead atoms. The molecule has 0 spiro atoms. The number of pyridine rings is 1. The van der Waals surface area contributed by atoms with Gasteiger partial charge in [-0.1, -0.05) is 0 Å². The summed E-state index contributed by atoms with van der Waals surface area (Å²) >= 11 is 1.40. The largest absolute Gasteiger partial charge is 0.322 e. The fourth-order valence-corrected chi connectivity index (χ4v) is 3.38. The molecule has 1 aromatic carbocycles. The number of thiazole rings is 1. The van der Waals surface area contributed by atoms with Crippen molar-refractivity contribution < 1.29 is 4.79 Å². The van der Waals surface area contributed by atoms with Gasteiger partial charge in [-0.15, -0.1) is 11.3 Å². The van der Waals surface area contributed by atoms with Gasteiger partial charge in [-0.3, -0.25) is 9.78 Å². The van der Waals surface area contributed by atoms with Crippen molar-refractivity contribution in [2.45, 2.75) is 6.04 Å². The van der Waals surface area contributed by atoms with E-state index in [0.717, 1.165) is 28.9 Å². The van der Waals surface area contributed by atoms with Gasteiger partial charge < -0.3 is 16.4 Å². The zero-order valence-corrected chi connectivity index (χ0v) is 14.2. The van der Waals surface area contributed by atoms with E-state index >= 15 is 0 Å². The van der Waals surface area contributed by atoms with Crippen LogP contribution in [0.15, 0.2) is 48.1 Å². The Balaban J connectivity index is 1.71. The van der Waals surface area contributed by atoms with Crippen molar-refractivity contribution in [2.75, 3.05) is 18.4 Å². The molecule has 0 aliphatic carbocycles. The van der Waals surface area contributed by atoms with E-state index in [2.05, 4.69) is 38.8 Å². The standard InChI is InChI=1S/C18H17N5OS/c19-8-17(24)23-18-22-16(10-25-18)14-6-12(11-1-3-20-4-2-11)5-13(7-14)15-9-21-15/h1-7,10,15,21H,8-9,19H2,(H,22,23,24). The SMILES string of the molecule is NCC(=O)Nc1nc(-c2cc(-c3ccncc3)cc(C3CN3)c2)cs1. The molecular weight excluding hydrogens is 334 g/mol. The van der Waals surface area contributed by atoms with Gasteiger partial charge in [0.05, 0.1) is 12.2 Å². The van der Waals surface area contributed by atoms with Crippen molar-refractivity contribution in [3.63, 3.8) is 0 Å². The van der Waals surface area contributed by atoms with Crippen LogP contribution in [-0.4, -0.2) is 29.0 Å². The van der Waals surface area contributed by atoms with Crippen LogP contribution >= 0.6 is 11.3 Å². The highest BCUT2D eigenvalue weighted by Gasteiger charge is 2.23. The van der Waals surface area contributed by atoms with Crippen LogP contribution in [0.3, 0.4) is 0 Å². The van der Waals surface area contributed by atoms with Crippen LogP contribution in [-0.2, 0) is 4.79 Å². The maximum Gasteiger partial charge on any atom is 0.239 e. The molecule has 25 heavy (non-hydrogen) atoms. The molecule has 1 atom stereocenters. The number of nitrogens with one attached hydrogen (secondary N) is 2. The lowest BCUT2D eigenvalue weighted by atomic mass is 9.98. The van der Waals surface area contributed by atoms with Crippen molar-refractivity contribution in [3.05, 3.63) is 53.7 Å². The highest BCUT2D eigenvalue weighted by molar-refractivity contribution is 7.14. The molecule has 1 amide bonds. The monoisotopic (exact) mass is 351 g/mol. The van der Waals surface area contributed by atoms with Gasteiger partial charge in [0.25, 0.3) is 0 Å². The first-order valence-corrected chi connectivity index (χ1v) is 8.85. The van der Waals surface area contributed by atoms with E-state index in [-0.39, 0.29) is 12.5 Å². The Bertz CT molecular complexity index is 905. The molecule has 1 saturated heterocycles. The molecule has 126 valence electrons. The summed E-state index contributed by atoms with van der Waals surface area (Å²) in [6.07, 6.45) is 3.58. The number of nitrogens with two attached hydrogens (primary N) is 1. The van der Waals surface area contributed by atoms with E-state index in [1.54, 1.807) is 12.4 Å². The number of amides is 1. The number of hydrogen-bond acceptors (Lipinski definition) is 6. The lowest BCUT2D eigenvalue weighted by Crippen LogP contribution is -2.21. The molecule has 7 heteroatoms. The molecule has 2 aromatic heterocycles. The van der Waals surface area contributed by atoms with Gasteiger partial charge in [0.1, 0.15) is 0 Å². The first-order chi connectivity index (χ1) is 12.2. The van der Waals surface area contributed by atoms with Crippen molar-refractivity contribution in [3.8, 4) is 22.4 Å². The number of anilines is 1. The predicted molar refractivity (Wildman–Crippen MR) is 99.2 cm³/mol. The van der Waals surface area contributed by atoms with Crippen LogP contribution in [0.2, 0.25) is 0 Å². The van der Waals surface area contributed by atoms with Gasteiger partial charge in [-0.2, -0.15) is 0 Å². The third-order valence-electron chi connectivity index (χ3n) is 4.01. The van der Waals surface area contributed by atoms with Crippen molar-refractivity contribution in [1.29, 1.82) is 0 Å². The van der Waals surface area contributed by atoms with Gasteiger partial charge in [-0.05, 0) is 47.0 Å². The summed E-state index contributed by atoms with van der Waals surface area (Å²) in [5.41, 5.74) is 10.7. The van der Waals surface area contributed by atoms with Crippen molar-refractivity contribution in [1.82, 2.24) is 15.3 Å². The molecule has 3 aromatic rings. The van der Waals surface area contributed by atoms with E-state index in [1.165, 1.54) is 16.9 Å². The molecule has 0 radical (unpaired) electrons. The Labute approximate surface area is 149 Å². The molecular formula is C18H17N5OS.